The molecule has 0 unspecified atom stereocenters. The van der Waals surface area contributed by atoms with Crippen molar-refractivity contribution in [1.82, 2.24) is 4.72 Å². The van der Waals surface area contributed by atoms with Crippen LogP contribution < -0.4 is 10.5 Å². The zero-order chi connectivity index (χ0) is 15.7. The van der Waals surface area contributed by atoms with E-state index in [9.17, 15) is 12.8 Å². The Morgan fingerprint density at radius 3 is 2.62 bits per heavy atom. The van der Waals surface area contributed by atoms with Crippen LogP contribution in [0.3, 0.4) is 0 Å². The Morgan fingerprint density at radius 1 is 1.43 bits per heavy atom. The summed E-state index contributed by atoms with van der Waals surface area (Å²) < 4.78 is 45.7. The standard InChI is InChI=1S/C14H21FN2O3S/c1-10-12(15)7-11(8-13(10)16)21(18,19)17-9-14(3-4-14)5-6-20-2/h7-8,17H,3-6,9,16H2,1-2H3. The number of methoxy groups -OCH3 is 1. The first-order valence-corrected chi connectivity index (χ1v) is 8.32. The van der Waals surface area contributed by atoms with Crippen molar-refractivity contribution >= 4 is 15.7 Å². The van der Waals surface area contributed by atoms with Crippen LogP contribution in [0.25, 0.3) is 0 Å². The fourth-order valence-corrected chi connectivity index (χ4v) is 3.37. The van der Waals surface area contributed by atoms with Gasteiger partial charge in [0.15, 0.2) is 0 Å². The highest BCUT2D eigenvalue weighted by molar-refractivity contribution is 7.89. The zero-order valence-electron chi connectivity index (χ0n) is 12.3. The molecule has 1 aromatic carbocycles. The monoisotopic (exact) mass is 316 g/mol. The Balaban J connectivity index is 2.09. The maximum absolute atomic E-state index is 13.6. The molecule has 0 radical (unpaired) electrons. The van der Waals surface area contributed by atoms with Crippen molar-refractivity contribution in [1.29, 1.82) is 0 Å². The van der Waals surface area contributed by atoms with E-state index < -0.39 is 15.8 Å². The van der Waals surface area contributed by atoms with Crippen molar-refractivity contribution < 1.29 is 17.5 Å². The molecule has 3 N–H and O–H groups in total. The van der Waals surface area contributed by atoms with Crippen LogP contribution in [0.4, 0.5) is 10.1 Å². The van der Waals surface area contributed by atoms with Crippen LogP contribution in [0.1, 0.15) is 24.8 Å². The second-order valence-electron chi connectivity index (χ2n) is 5.69. The number of anilines is 1. The van der Waals surface area contributed by atoms with Crippen LogP contribution in [-0.4, -0.2) is 28.7 Å². The summed E-state index contributed by atoms with van der Waals surface area (Å²) in [5, 5.41) is 0. The number of nitrogen functional groups attached to an aromatic ring is 1. The van der Waals surface area contributed by atoms with E-state index in [0.717, 1.165) is 25.3 Å². The molecule has 1 aliphatic rings. The lowest BCUT2D eigenvalue weighted by Crippen LogP contribution is -2.31. The van der Waals surface area contributed by atoms with E-state index in [2.05, 4.69) is 4.72 Å². The van der Waals surface area contributed by atoms with Crippen molar-refractivity contribution in [3.05, 3.63) is 23.5 Å². The largest absolute Gasteiger partial charge is 0.398 e. The molecule has 0 aliphatic heterocycles. The lowest BCUT2D eigenvalue weighted by Gasteiger charge is -2.16. The Labute approximate surface area is 124 Å². The van der Waals surface area contributed by atoms with Gasteiger partial charge in [-0.25, -0.2) is 17.5 Å². The maximum atomic E-state index is 13.6. The lowest BCUT2D eigenvalue weighted by atomic mass is 10.0. The topological polar surface area (TPSA) is 81.4 Å². The molecule has 7 heteroatoms. The van der Waals surface area contributed by atoms with Gasteiger partial charge in [0.25, 0.3) is 0 Å². The van der Waals surface area contributed by atoms with E-state index in [4.69, 9.17) is 10.5 Å². The number of benzene rings is 1. The fraction of sp³-hybridized carbons (Fsp3) is 0.571. The molecule has 2 rings (SSSR count). The molecule has 0 aromatic heterocycles. The van der Waals surface area contributed by atoms with Gasteiger partial charge in [-0.3, -0.25) is 0 Å². The van der Waals surface area contributed by atoms with Gasteiger partial charge in [-0.15, -0.1) is 0 Å². The summed E-state index contributed by atoms with van der Waals surface area (Å²) in [6.07, 6.45) is 2.77. The third kappa shape index (κ3) is 3.72. The van der Waals surface area contributed by atoms with Crippen molar-refractivity contribution in [2.45, 2.75) is 31.1 Å². The third-order valence-electron chi connectivity index (χ3n) is 4.10. The number of rotatable bonds is 7. The number of hydrogen-bond donors (Lipinski definition) is 2. The molecule has 0 heterocycles. The summed E-state index contributed by atoms with van der Waals surface area (Å²) in [6, 6.07) is 2.29. The van der Waals surface area contributed by atoms with E-state index in [-0.39, 0.29) is 21.6 Å². The minimum Gasteiger partial charge on any atom is -0.398 e. The van der Waals surface area contributed by atoms with Crippen LogP contribution in [0, 0.1) is 18.2 Å². The lowest BCUT2D eigenvalue weighted by molar-refractivity contribution is 0.173. The van der Waals surface area contributed by atoms with Gasteiger partial charge in [0.05, 0.1) is 4.90 Å². The molecular formula is C14H21FN2O3S. The summed E-state index contributed by atoms with van der Waals surface area (Å²) in [5.74, 6) is -0.615. The SMILES string of the molecule is COCCC1(CNS(=O)(=O)c2cc(N)c(C)c(F)c2)CC1. The highest BCUT2D eigenvalue weighted by Gasteiger charge is 2.42. The second-order valence-corrected chi connectivity index (χ2v) is 7.45. The minimum atomic E-state index is -3.75. The van der Waals surface area contributed by atoms with Crippen LogP contribution in [0.5, 0.6) is 0 Å². The molecule has 0 atom stereocenters. The van der Waals surface area contributed by atoms with E-state index in [1.54, 1.807) is 7.11 Å². The zero-order valence-corrected chi connectivity index (χ0v) is 13.1. The van der Waals surface area contributed by atoms with Gasteiger partial charge in [0.2, 0.25) is 10.0 Å². The predicted octanol–water partition coefficient (Wildman–Crippen LogP) is 1.81. The first-order chi connectivity index (χ1) is 9.80. The number of halogens is 1. The van der Waals surface area contributed by atoms with Gasteiger partial charge in [-0.05, 0) is 43.7 Å². The molecular weight excluding hydrogens is 295 g/mol. The fourth-order valence-electron chi connectivity index (χ4n) is 2.17. The summed E-state index contributed by atoms with van der Waals surface area (Å²) in [5.41, 5.74) is 6.01. The first-order valence-electron chi connectivity index (χ1n) is 6.84. The molecule has 0 bridgehead atoms. The van der Waals surface area contributed by atoms with Crippen molar-refractivity contribution in [2.24, 2.45) is 5.41 Å². The highest BCUT2D eigenvalue weighted by atomic mass is 32.2. The number of ether oxygens (including phenoxy) is 1. The molecule has 1 fully saturated rings. The van der Waals surface area contributed by atoms with Crippen molar-refractivity contribution in [3.63, 3.8) is 0 Å². The van der Waals surface area contributed by atoms with Gasteiger partial charge in [-0.2, -0.15) is 0 Å². The normalized spacial score (nSPS) is 16.9. The maximum Gasteiger partial charge on any atom is 0.240 e. The van der Waals surface area contributed by atoms with Gasteiger partial charge in [0.1, 0.15) is 5.82 Å². The second kappa shape index (κ2) is 5.90. The summed E-state index contributed by atoms with van der Waals surface area (Å²) in [7, 11) is -2.13. The van der Waals surface area contributed by atoms with Gasteiger partial charge in [0, 0.05) is 31.5 Å². The smallest absolute Gasteiger partial charge is 0.240 e. The number of hydrogen-bond acceptors (Lipinski definition) is 4. The van der Waals surface area contributed by atoms with Crippen LogP contribution in [0.2, 0.25) is 0 Å². The summed E-state index contributed by atoms with van der Waals surface area (Å²) >= 11 is 0. The molecule has 0 amide bonds. The van der Waals surface area contributed by atoms with Crippen molar-refractivity contribution in [3.8, 4) is 0 Å². The molecule has 0 saturated heterocycles. The average molecular weight is 316 g/mol. The van der Waals surface area contributed by atoms with Gasteiger partial charge >= 0.3 is 0 Å². The quantitative estimate of drug-likeness (QED) is 0.752. The number of nitrogens with two attached hydrogens (primary N) is 1. The van der Waals surface area contributed by atoms with Gasteiger partial charge < -0.3 is 10.5 Å². The molecule has 1 aliphatic carbocycles. The Morgan fingerprint density at radius 2 is 2.10 bits per heavy atom. The molecule has 21 heavy (non-hydrogen) atoms. The summed E-state index contributed by atoms with van der Waals surface area (Å²) in [4.78, 5) is -0.134. The molecule has 1 saturated carbocycles. The van der Waals surface area contributed by atoms with E-state index in [1.807, 2.05) is 0 Å². The highest BCUT2D eigenvalue weighted by Crippen LogP contribution is 2.48. The van der Waals surface area contributed by atoms with Crippen LogP contribution in [-0.2, 0) is 14.8 Å². The van der Waals surface area contributed by atoms with Crippen LogP contribution in [0.15, 0.2) is 17.0 Å². The van der Waals surface area contributed by atoms with Crippen molar-refractivity contribution in [2.75, 3.05) is 26.0 Å². The van der Waals surface area contributed by atoms with Crippen LogP contribution >= 0.6 is 0 Å². The number of sulfonamides is 1. The van der Waals surface area contributed by atoms with E-state index in [0.29, 0.717) is 13.2 Å². The third-order valence-corrected chi connectivity index (χ3v) is 5.48. The molecule has 1 aromatic rings. The van der Waals surface area contributed by atoms with E-state index >= 15 is 0 Å². The molecule has 0 spiro atoms. The Kier molecular flexibility index (Phi) is 4.55. The predicted molar refractivity (Wildman–Crippen MR) is 78.9 cm³/mol. The first kappa shape index (κ1) is 16.2. The Bertz CT molecular complexity index is 604. The summed E-state index contributed by atoms with van der Waals surface area (Å²) in [6.45, 7) is 2.46. The van der Waals surface area contributed by atoms with E-state index in [1.165, 1.54) is 13.0 Å². The Hall–Kier alpha value is -1.18. The number of nitrogens with one attached hydrogen (secondary N) is 1. The average Bonchev–Trinajstić information content (AvgIpc) is 3.20. The van der Waals surface area contributed by atoms with Gasteiger partial charge in [-0.1, -0.05) is 0 Å². The molecule has 118 valence electrons. The minimum absolute atomic E-state index is 0.0160. The molecule has 5 nitrogen and oxygen atoms in total.